The molecule has 0 amide bonds. The Bertz CT molecular complexity index is 487. The van der Waals surface area contributed by atoms with Crippen molar-refractivity contribution >= 4 is 23.5 Å². The van der Waals surface area contributed by atoms with Gasteiger partial charge < -0.3 is 19.7 Å². The minimum Gasteiger partial charge on any atom is -0.469 e. The van der Waals surface area contributed by atoms with Gasteiger partial charge in [-0.25, -0.2) is 0 Å². The van der Waals surface area contributed by atoms with Gasteiger partial charge in [0.05, 0.1) is 14.2 Å². The Balaban J connectivity index is -0.000000117. The summed E-state index contributed by atoms with van der Waals surface area (Å²) in [5.74, 6) is -1.03. The van der Waals surface area contributed by atoms with Crippen LogP contribution in [0.25, 0.3) is 0 Å². The molecule has 0 spiro atoms. The van der Waals surface area contributed by atoms with Crippen molar-refractivity contribution in [1.29, 1.82) is 0 Å². The van der Waals surface area contributed by atoms with E-state index in [1.807, 2.05) is 41.5 Å². The fraction of sp³-hybridized carbons (Fsp3) is 0.833. The summed E-state index contributed by atoms with van der Waals surface area (Å²) >= 11 is 0. The molecule has 0 saturated carbocycles. The van der Waals surface area contributed by atoms with Crippen molar-refractivity contribution in [2.45, 2.75) is 107 Å². The van der Waals surface area contributed by atoms with Gasteiger partial charge in [0.15, 0.2) is 0 Å². The molecule has 0 aliphatic rings. The van der Waals surface area contributed by atoms with E-state index in [4.69, 9.17) is 10.2 Å². The van der Waals surface area contributed by atoms with E-state index in [2.05, 4.69) is 9.47 Å². The Hall–Kier alpha value is -1.09. The van der Waals surface area contributed by atoms with Gasteiger partial charge in [0, 0.05) is 44.8 Å². The SMILES string of the molecule is CC(C)O.CC(C)O.CCC(C)(C)C(=O)CC(=O)OC.CCC(C)(C)C(=O)CC(=O)OC.[Ti]. The smallest absolute Gasteiger partial charge is 0.313 e. The molecule has 0 bridgehead atoms. The Labute approximate surface area is 216 Å². The third kappa shape index (κ3) is 30.9. The second-order valence-electron chi connectivity index (χ2n) is 9.01. The monoisotopic (exact) mass is 512 g/mol. The maximum absolute atomic E-state index is 11.4. The number of ketones is 2. The second kappa shape index (κ2) is 22.7. The fourth-order valence-corrected chi connectivity index (χ4v) is 1.28. The Morgan fingerprint density at radius 3 is 0.970 bits per heavy atom. The number of aliphatic hydroxyl groups is 2. The molecule has 0 atom stereocenters. The van der Waals surface area contributed by atoms with E-state index in [1.54, 1.807) is 27.7 Å². The average molecular weight is 513 g/mol. The number of aliphatic hydroxyl groups excluding tert-OH is 2. The van der Waals surface area contributed by atoms with E-state index < -0.39 is 22.8 Å². The van der Waals surface area contributed by atoms with E-state index in [0.717, 1.165) is 12.8 Å². The molecule has 0 rings (SSSR count). The van der Waals surface area contributed by atoms with Gasteiger partial charge in [0.1, 0.15) is 24.4 Å². The third-order valence-corrected chi connectivity index (χ3v) is 4.34. The molecule has 2 N–H and O–H groups in total. The van der Waals surface area contributed by atoms with Crippen molar-refractivity contribution in [3.05, 3.63) is 0 Å². The van der Waals surface area contributed by atoms with Crippen LogP contribution >= 0.6 is 0 Å². The number of ether oxygens (including phenoxy) is 2. The van der Waals surface area contributed by atoms with E-state index in [9.17, 15) is 19.2 Å². The molecule has 0 aliphatic carbocycles. The molecule has 0 aromatic carbocycles. The van der Waals surface area contributed by atoms with Gasteiger partial charge >= 0.3 is 11.9 Å². The molecule has 0 aliphatic heterocycles. The first-order valence-corrected chi connectivity index (χ1v) is 10.9. The second-order valence-corrected chi connectivity index (χ2v) is 9.01. The number of rotatable bonds is 8. The molecule has 8 nitrogen and oxygen atoms in total. The van der Waals surface area contributed by atoms with Crippen LogP contribution < -0.4 is 0 Å². The summed E-state index contributed by atoms with van der Waals surface area (Å²) in [4.78, 5) is 44.2. The van der Waals surface area contributed by atoms with Crippen LogP contribution in [0.15, 0.2) is 0 Å². The normalized spacial score (nSPS) is 10.2. The van der Waals surface area contributed by atoms with Crippen molar-refractivity contribution in [3.8, 4) is 0 Å². The van der Waals surface area contributed by atoms with E-state index in [0.29, 0.717) is 0 Å². The van der Waals surface area contributed by atoms with Crippen LogP contribution in [0.1, 0.15) is 94.9 Å². The molecule has 0 radical (unpaired) electrons. The van der Waals surface area contributed by atoms with Crippen molar-refractivity contribution in [3.63, 3.8) is 0 Å². The van der Waals surface area contributed by atoms with Gasteiger partial charge in [0.2, 0.25) is 0 Å². The molecule has 33 heavy (non-hydrogen) atoms. The first-order chi connectivity index (χ1) is 14.3. The topological polar surface area (TPSA) is 127 Å². The van der Waals surface area contributed by atoms with Crippen LogP contribution in [0, 0.1) is 10.8 Å². The zero-order valence-electron chi connectivity index (χ0n) is 22.8. The van der Waals surface area contributed by atoms with Crippen LogP contribution in [0.5, 0.6) is 0 Å². The molecule has 9 heteroatoms. The van der Waals surface area contributed by atoms with Crippen LogP contribution in [-0.2, 0) is 50.4 Å². The van der Waals surface area contributed by atoms with Crippen LogP contribution in [0.3, 0.4) is 0 Å². The van der Waals surface area contributed by atoms with Crippen molar-refractivity contribution in [1.82, 2.24) is 0 Å². The van der Waals surface area contributed by atoms with Gasteiger partial charge in [-0.1, -0.05) is 41.5 Å². The van der Waals surface area contributed by atoms with Crippen LogP contribution in [0.4, 0.5) is 0 Å². The zero-order chi connectivity index (χ0) is 26.7. The number of hydrogen-bond donors (Lipinski definition) is 2. The molecule has 0 heterocycles. The van der Waals surface area contributed by atoms with Crippen molar-refractivity contribution in [2.75, 3.05) is 14.2 Å². The molecule has 0 saturated heterocycles. The summed E-state index contributed by atoms with van der Waals surface area (Å²) in [6.07, 6.45) is 0.917. The largest absolute Gasteiger partial charge is 0.469 e. The van der Waals surface area contributed by atoms with E-state index in [1.165, 1.54) is 14.2 Å². The number of hydrogen-bond acceptors (Lipinski definition) is 8. The maximum atomic E-state index is 11.4. The predicted molar refractivity (Wildman–Crippen MR) is 126 cm³/mol. The van der Waals surface area contributed by atoms with E-state index >= 15 is 0 Å². The standard InChI is InChI=1S/2C9H16O3.2C3H8O.Ti/c2*1-5-9(2,3)7(10)6-8(11)12-4;2*1-3(2)4;/h2*5-6H2,1-4H3;2*3-4H,1-2H3;. The average Bonchev–Trinajstić information content (AvgIpc) is 2.67. The zero-order valence-corrected chi connectivity index (χ0v) is 24.4. The number of methoxy groups -OCH3 is 2. The Morgan fingerprint density at radius 2 is 0.848 bits per heavy atom. The molecule has 0 fully saturated rings. The summed E-state index contributed by atoms with van der Waals surface area (Å²) in [5, 5.41) is 16.1. The number of carbonyl (C=O) groups excluding carboxylic acids is 4. The summed E-state index contributed by atoms with van der Waals surface area (Å²) in [6.45, 7) is 18.1. The molecular formula is C24H48O8Ti. The molecule has 196 valence electrons. The Morgan fingerprint density at radius 1 is 0.667 bits per heavy atom. The first kappa shape index (κ1) is 42.1. The quantitative estimate of drug-likeness (QED) is 0.285. The first-order valence-electron chi connectivity index (χ1n) is 10.9. The maximum Gasteiger partial charge on any atom is 0.313 e. The molecular weight excluding hydrogens is 464 g/mol. The summed E-state index contributed by atoms with van der Waals surface area (Å²) < 4.78 is 8.80. The van der Waals surface area contributed by atoms with E-state index in [-0.39, 0.29) is 58.3 Å². The van der Waals surface area contributed by atoms with Gasteiger partial charge in [-0.3, -0.25) is 19.2 Å². The summed E-state index contributed by atoms with van der Waals surface area (Å²) in [7, 11) is 2.57. The van der Waals surface area contributed by atoms with Crippen LogP contribution in [-0.4, -0.2) is 60.1 Å². The number of Topliss-reactive ketones (excluding diaryl/α,β-unsaturated/α-hetero) is 2. The van der Waals surface area contributed by atoms with Gasteiger partial charge in [0.25, 0.3) is 0 Å². The fourth-order valence-electron chi connectivity index (χ4n) is 1.28. The minimum absolute atomic E-state index is 0. The summed E-state index contributed by atoms with van der Waals surface area (Å²) in [5.41, 5.74) is -0.817. The van der Waals surface area contributed by atoms with Gasteiger partial charge in [-0.05, 0) is 40.5 Å². The van der Waals surface area contributed by atoms with Crippen molar-refractivity contribution in [2.24, 2.45) is 10.8 Å². The minimum atomic E-state index is -0.457. The predicted octanol–water partition coefficient (Wildman–Crippen LogP) is 3.88. The molecule has 0 unspecified atom stereocenters. The van der Waals surface area contributed by atoms with Crippen LogP contribution in [0.2, 0.25) is 0 Å². The summed E-state index contributed by atoms with van der Waals surface area (Å²) in [6, 6.07) is 0. The van der Waals surface area contributed by atoms with Gasteiger partial charge in [-0.2, -0.15) is 0 Å². The third-order valence-electron chi connectivity index (χ3n) is 4.34. The molecule has 0 aromatic heterocycles. The number of esters is 2. The Kier molecular flexibility index (Phi) is 29.0. The number of carbonyl (C=O) groups is 4. The van der Waals surface area contributed by atoms with Crippen molar-refractivity contribution < 1.29 is 60.6 Å². The van der Waals surface area contributed by atoms with Gasteiger partial charge in [-0.15, -0.1) is 0 Å². The molecule has 0 aromatic rings.